The van der Waals surface area contributed by atoms with Gasteiger partial charge in [-0.1, -0.05) is 6.07 Å². The minimum atomic E-state index is -0.521. The molecule has 0 amide bonds. The Labute approximate surface area is 104 Å². The summed E-state index contributed by atoms with van der Waals surface area (Å²) in [6, 6.07) is 7.97. The third-order valence-electron chi connectivity index (χ3n) is 3.22. The van der Waals surface area contributed by atoms with Crippen molar-refractivity contribution in [2.75, 3.05) is 6.61 Å². The van der Waals surface area contributed by atoms with E-state index in [4.69, 9.17) is 4.74 Å². The molecule has 2 heterocycles. The van der Waals surface area contributed by atoms with E-state index < -0.39 is 6.10 Å². The van der Waals surface area contributed by atoms with Gasteiger partial charge in [-0.15, -0.1) is 11.3 Å². The molecule has 0 fully saturated rings. The van der Waals surface area contributed by atoms with Crippen LogP contribution < -0.4 is 4.74 Å². The second kappa shape index (κ2) is 4.17. The predicted molar refractivity (Wildman–Crippen MR) is 68.8 cm³/mol. The number of rotatable bonds is 2. The zero-order valence-corrected chi connectivity index (χ0v) is 10.5. The van der Waals surface area contributed by atoms with Crippen LogP contribution in [-0.4, -0.2) is 11.7 Å². The molecule has 1 N–H and O–H groups in total. The number of aryl methyl sites for hydroxylation is 1. The molecule has 2 nitrogen and oxygen atoms in total. The molecule has 1 atom stereocenters. The molecule has 1 aliphatic heterocycles. The molecule has 1 aromatic carbocycles. The third kappa shape index (κ3) is 1.85. The first-order chi connectivity index (χ1) is 8.25. The fourth-order valence-electron chi connectivity index (χ4n) is 2.23. The standard InChI is InChI=1S/C14H14O2S/c1-9-12(5-7-17-9)14(15)11-2-3-13-10(8-11)4-6-16-13/h2-3,5,7-8,14-15H,4,6H2,1H3. The first-order valence-corrected chi connectivity index (χ1v) is 6.61. The van der Waals surface area contributed by atoms with Gasteiger partial charge in [0.25, 0.3) is 0 Å². The van der Waals surface area contributed by atoms with E-state index >= 15 is 0 Å². The van der Waals surface area contributed by atoms with Crippen LogP contribution in [0, 0.1) is 6.92 Å². The highest BCUT2D eigenvalue weighted by atomic mass is 32.1. The Morgan fingerprint density at radius 2 is 2.24 bits per heavy atom. The van der Waals surface area contributed by atoms with Gasteiger partial charge in [-0.25, -0.2) is 0 Å². The summed E-state index contributed by atoms with van der Waals surface area (Å²) in [5.41, 5.74) is 3.17. The topological polar surface area (TPSA) is 29.5 Å². The number of fused-ring (bicyclic) bond motifs is 1. The van der Waals surface area contributed by atoms with Crippen LogP contribution in [0.2, 0.25) is 0 Å². The van der Waals surface area contributed by atoms with Gasteiger partial charge in [0.1, 0.15) is 11.9 Å². The molecule has 3 rings (SSSR count). The Hall–Kier alpha value is -1.32. The molecule has 1 aromatic heterocycles. The highest BCUT2D eigenvalue weighted by Crippen LogP contribution is 2.32. The van der Waals surface area contributed by atoms with Crippen molar-refractivity contribution in [1.82, 2.24) is 0 Å². The quantitative estimate of drug-likeness (QED) is 0.882. The first-order valence-electron chi connectivity index (χ1n) is 5.73. The van der Waals surface area contributed by atoms with Crippen LogP contribution in [-0.2, 0) is 6.42 Å². The molecule has 2 aromatic rings. The smallest absolute Gasteiger partial charge is 0.122 e. The van der Waals surface area contributed by atoms with E-state index in [0.29, 0.717) is 0 Å². The Balaban J connectivity index is 1.97. The number of aliphatic hydroxyl groups is 1. The fraction of sp³-hybridized carbons (Fsp3) is 0.286. The molecule has 0 bridgehead atoms. The Kier molecular flexibility index (Phi) is 2.65. The van der Waals surface area contributed by atoms with Gasteiger partial charge in [0, 0.05) is 11.3 Å². The molecule has 17 heavy (non-hydrogen) atoms. The molecule has 0 aliphatic carbocycles. The van der Waals surface area contributed by atoms with Gasteiger partial charge in [0.05, 0.1) is 6.61 Å². The van der Waals surface area contributed by atoms with Gasteiger partial charge in [-0.2, -0.15) is 0 Å². The zero-order valence-electron chi connectivity index (χ0n) is 9.64. The molecular weight excluding hydrogens is 232 g/mol. The molecule has 0 saturated heterocycles. The maximum Gasteiger partial charge on any atom is 0.122 e. The minimum absolute atomic E-state index is 0.521. The van der Waals surface area contributed by atoms with E-state index in [-0.39, 0.29) is 0 Å². The number of benzene rings is 1. The van der Waals surface area contributed by atoms with Crippen LogP contribution >= 0.6 is 11.3 Å². The van der Waals surface area contributed by atoms with Crippen molar-refractivity contribution in [1.29, 1.82) is 0 Å². The van der Waals surface area contributed by atoms with Crippen molar-refractivity contribution in [3.05, 3.63) is 51.2 Å². The molecular formula is C14H14O2S. The van der Waals surface area contributed by atoms with Crippen molar-refractivity contribution < 1.29 is 9.84 Å². The van der Waals surface area contributed by atoms with Gasteiger partial charge < -0.3 is 9.84 Å². The lowest BCUT2D eigenvalue weighted by Gasteiger charge is -2.12. The van der Waals surface area contributed by atoms with Crippen LogP contribution in [0.15, 0.2) is 29.6 Å². The number of aliphatic hydroxyl groups excluding tert-OH is 1. The van der Waals surface area contributed by atoms with Crippen molar-refractivity contribution in [3.8, 4) is 5.75 Å². The fourth-order valence-corrected chi connectivity index (χ4v) is 2.97. The van der Waals surface area contributed by atoms with Crippen molar-refractivity contribution in [2.24, 2.45) is 0 Å². The van der Waals surface area contributed by atoms with Gasteiger partial charge in [-0.3, -0.25) is 0 Å². The Bertz CT molecular complexity index is 545. The summed E-state index contributed by atoms with van der Waals surface area (Å²) in [5, 5.41) is 12.4. The number of thiophene rings is 1. The lowest BCUT2D eigenvalue weighted by Crippen LogP contribution is -2.00. The monoisotopic (exact) mass is 246 g/mol. The molecule has 0 spiro atoms. The number of ether oxygens (including phenoxy) is 1. The highest BCUT2D eigenvalue weighted by Gasteiger charge is 2.18. The summed E-state index contributed by atoms with van der Waals surface area (Å²) in [6.45, 7) is 2.80. The second-order valence-electron chi connectivity index (χ2n) is 4.30. The minimum Gasteiger partial charge on any atom is -0.493 e. The molecule has 88 valence electrons. The first kappa shape index (κ1) is 10.8. The van der Waals surface area contributed by atoms with Crippen LogP contribution in [0.4, 0.5) is 0 Å². The summed E-state index contributed by atoms with van der Waals surface area (Å²) >= 11 is 1.67. The van der Waals surface area contributed by atoms with Crippen LogP contribution in [0.3, 0.4) is 0 Å². The largest absolute Gasteiger partial charge is 0.493 e. The highest BCUT2D eigenvalue weighted by molar-refractivity contribution is 7.10. The average Bonchev–Trinajstić information content (AvgIpc) is 2.95. The van der Waals surface area contributed by atoms with E-state index in [0.717, 1.165) is 29.9 Å². The zero-order chi connectivity index (χ0) is 11.8. The van der Waals surface area contributed by atoms with Gasteiger partial charge in [0.2, 0.25) is 0 Å². The third-order valence-corrected chi connectivity index (χ3v) is 4.08. The molecule has 0 saturated carbocycles. The van der Waals surface area contributed by atoms with Gasteiger partial charge in [0.15, 0.2) is 0 Å². The van der Waals surface area contributed by atoms with E-state index in [2.05, 4.69) is 6.07 Å². The SMILES string of the molecule is Cc1sccc1C(O)c1ccc2c(c1)CCO2. The summed E-state index contributed by atoms with van der Waals surface area (Å²) in [7, 11) is 0. The molecule has 1 aliphatic rings. The Morgan fingerprint density at radius 1 is 1.35 bits per heavy atom. The molecule has 1 unspecified atom stereocenters. The van der Waals surface area contributed by atoms with Gasteiger partial charge in [-0.05, 0) is 47.2 Å². The number of hydrogen-bond acceptors (Lipinski definition) is 3. The lowest BCUT2D eigenvalue weighted by atomic mass is 9.99. The predicted octanol–water partition coefficient (Wildman–Crippen LogP) is 3.07. The van der Waals surface area contributed by atoms with E-state index in [9.17, 15) is 5.11 Å². The second-order valence-corrected chi connectivity index (χ2v) is 5.42. The molecule has 3 heteroatoms. The van der Waals surface area contributed by atoms with Crippen molar-refractivity contribution in [2.45, 2.75) is 19.4 Å². The Morgan fingerprint density at radius 3 is 3.00 bits per heavy atom. The van der Waals surface area contributed by atoms with Crippen LogP contribution in [0.1, 0.15) is 27.7 Å². The van der Waals surface area contributed by atoms with Crippen molar-refractivity contribution in [3.63, 3.8) is 0 Å². The van der Waals surface area contributed by atoms with E-state index in [1.807, 2.05) is 30.5 Å². The maximum absolute atomic E-state index is 10.4. The van der Waals surface area contributed by atoms with Crippen LogP contribution in [0.25, 0.3) is 0 Å². The normalized spacial score (nSPS) is 15.4. The lowest BCUT2D eigenvalue weighted by molar-refractivity contribution is 0.220. The summed E-state index contributed by atoms with van der Waals surface area (Å²) in [6.07, 6.45) is 0.422. The summed E-state index contributed by atoms with van der Waals surface area (Å²) in [4.78, 5) is 1.18. The summed E-state index contributed by atoms with van der Waals surface area (Å²) in [5.74, 6) is 0.961. The number of hydrogen-bond donors (Lipinski definition) is 1. The van der Waals surface area contributed by atoms with E-state index in [1.165, 1.54) is 10.4 Å². The van der Waals surface area contributed by atoms with E-state index in [1.54, 1.807) is 11.3 Å². The maximum atomic E-state index is 10.4. The summed E-state index contributed by atoms with van der Waals surface area (Å²) < 4.78 is 5.47. The van der Waals surface area contributed by atoms with Crippen molar-refractivity contribution >= 4 is 11.3 Å². The van der Waals surface area contributed by atoms with Gasteiger partial charge >= 0.3 is 0 Å². The van der Waals surface area contributed by atoms with Crippen LogP contribution in [0.5, 0.6) is 5.75 Å². The average molecular weight is 246 g/mol. The molecule has 0 radical (unpaired) electrons.